The van der Waals surface area contributed by atoms with Gasteiger partial charge in [0.15, 0.2) is 0 Å². The normalized spacial score (nSPS) is 24.8. The lowest BCUT2D eigenvalue weighted by molar-refractivity contribution is 0.0620. The second kappa shape index (κ2) is 7.06. The number of fused-ring (bicyclic) bond motifs is 4. The van der Waals surface area contributed by atoms with Crippen LogP contribution in [-0.2, 0) is 0 Å². The monoisotopic (exact) mass is 325 g/mol. The van der Waals surface area contributed by atoms with Crippen LogP contribution in [0.2, 0.25) is 0 Å². The van der Waals surface area contributed by atoms with Gasteiger partial charge < -0.3 is 14.6 Å². The molecule has 126 valence electrons. The zero-order valence-corrected chi connectivity index (χ0v) is 14.2. The van der Waals surface area contributed by atoms with Gasteiger partial charge in [-0.2, -0.15) is 5.26 Å². The number of hydrogen-bond donors (Lipinski definition) is 1. The van der Waals surface area contributed by atoms with E-state index in [4.69, 9.17) is 9.68 Å². The summed E-state index contributed by atoms with van der Waals surface area (Å²) in [6, 6.07) is 7.58. The van der Waals surface area contributed by atoms with Crippen molar-refractivity contribution in [3.05, 3.63) is 35.6 Å². The number of benzene rings is 1. The van der Waals surface area contributed by atoms with Gasteiger partial charge in [0, 0.05) is 23.5 Å². The minimum atomic E-state index is -0.0641. The smallest absolute Gasteiger partial charge is 0.251 e. The maximum Gasteiger partial charge on any atom is 0.251 e. The van der Waals surface area contributed by atoms with Crippen LogP contribution >= 0.6 is 0 Å². The third-order valence-corrected chi connectivity index (χ3v) is 4.93. The number of rotatable bonds is 2. The summed E-state index contributed by atoms with van der Waals surface area (Å²) in [6.07, 6.45) is 3.77. The summed E-state index contributed by atoms with van der Waals surface area (Å²) in [6.45, 7) is 7.26. The Hall–Kier alpha value is -2.32. The molecule has 5 rings (SSSR count). The molecule has 2 bridgehead atoms. The minimum absolute atomic E-state index is 0.0641. The Kier molecular flexibility index (Phi) is 4.86. The molecular formula is C19H23N3O2. The summed E-state index contributed by atoms with van der Waals surface area (Å²) < 4.78 is 5.30. The average Bonchev–Trinajstić information content (AvgIpc) is 3.06. The van der Waals surface area contributed by atoms with E-state index in [0.29, 0.717) is 28.0 Å². The predicted molar refractivity (Wildman–Crippen MR) is 92.7 cm³/mol. The van der Waals surface area contributed by atoms with E-state index >= 15 is 0 Å². The van der Waals surface area contributed by atoms with Gasteiger partial charge in [-0.15, -0.1) is 0 Å². The number of nitriles is 1. The van der Waals surface area contributed by atoms with Gasteiger partial charge in [-0.3, -0.25) is 4.79 Å². The second-order valence-electron chi connectivity index (χ2n) is 6.19. The highest BCUT2D eigenvalue weighted by molar-refractivity contribution is 5.99. The van der Waals surface area contributed by atoms with Crippen LogP contribution in [0, 0.1) is 17.2 Å². The zero-order chi connectivity index (χ0) is 17.1. The third-order valence-electron chi connectivity index (χ3n) is 4.93. The molecule has 2 aromatic rings. The van der Waals surface area contributed by atoms with Crippen LogP contribution in [0.25, 0.3) is 11.0 Å². The minimum Gasteiger partial charge on any atom is -0.463 e. The van der Waals surface area contributed by atoms with E-state index < -0.39 is 0 Å². The number of nitrogens with one attached hydrogen (secondary N) is 1. The number of amides is 1. The van der Waals surface area contributed by atoms with Crippen molar-refractivity contribution >= 4 is 16.9 Å². The summed E-state index contributed by atoms with van der Waals surface area (Å²) in [5.41, 5.74) is 1.69. The molecular weight excluding hydrogens is 302 g/mol. The highest BCUT2D eigenvalue weighted by Crippen LogP contribution is 2.28. The lowest BCUT2D eigenvalue weighted by atomic mass is 9.84. The van der Waals surface area contributed by atoms with Crippen molar-refractivity contribution in [2.45, 2.75) is 32.7 Å². The second-order valence-corrected chi connectivity index (χ2v) is 6.19. The van der Waals surface area contributed by atoms with Gasteiger partial charge in [0.1, 0.15) is 17.9 Å². The molecule has 3 aliphatic heterocycles. The van der Waals surface area contributed by atoms with Crippen molar-refractivity contribution < 1.29 is 9.21 Å². The molecule has 0 radical (unpaired) electrons. The van der Waals surface area contributed by atoms with Crippen LogP contribution in [0.5, 0.6) is 0 Å². The van der Waals surface area contributed by atoms with Crippen molar-refractivity contribution in [1.82, 2.24) is 10.2 Å². The number of nitrogens with zero attached hydrogens (tertiary/aromatic N) is 2. The molecule has 1 atom stereocenters. The topological polar surface area (TPSA) is 69.3 Å². The van der Waals surface area contributed by atoms with E-state index in [2.05, 4.69) is 16.3 Å². The molecule has 4 heterocycles. The highest BCUT2D eigenvalue weighted by Gasteiger charge is 2.34. The summed E-state index contributed by atoms with van der Waals surface area (Å²) in [5.74, 6) is 0.534. The van der Waals surface area contributed by atoms with Gasteiger partial charge in [0.05, 0.1) is 5.56 Å². The maximum atomic E-state index is 12.5. The van der Waals surface area contributed by atoms with Crippen molar-refractivity contribution in [1.29, 1.82) is 5.26 Å². The van der Waals surface area contributed by atoms with Crippen LogP contribution in [0.3, 0.4) is 0 Å². The van der Waals surface area contributed by atoms with Gasteiger partial charge in [-0.05, 0) is 50.0 Å². The zero-order valence-electron chi connectivity index (χ0n) is 14.2. The van der Waals surface area contributed by atoms with Gasteiger partial charge in [0.2, 0.25) is 0 Å². The Morgan fingerprint density at radius 3 is 2.71 bits per heavy atom. The van der Waals surface area contributed by atoms with Crippen molar-refractivity contribution in [2.24, 2.45) is 5.92 Å². The Morgan fingerprint density at radius 1 is 1.33 bits per heavy atom. The summed E-state index contributed by atoms with van der Waals surface area (Å²) >= 11 is 0. The fourth-order valence-corrected chi connectivity index (χ4v) is 3.64. The first-order valence-electron chi connectivity index (χ1n) is 8.69. The van der Waals surface area contributed by atoms with E-state index in [-0.39, 0.29) is 11.9 Å². The molecule has 1 aromatic heterocycles. The maximum absolute atomic E-state index is 12.5. The Balaban J connectivity index is 0.000000815. The van der Waals surface area contributed by atoms with Crippen LogP contribution < -0.4 is 5.32 Å². The highest BCUT2D eigenvalue weighted by atomic mass is 16.3. The van der Waals surface area contributed by atoms with Crippen LogP contribution in [0.4, 0.5) is 0 Å². The quantitative estimate of drug-likeness (QED) is 0.921. The number of piperidine rings is 3. The predicted octanol–water partition coefficient (Wildman–Crippen LogP) is 3.15. The fourth-order valence-electron chi connectivity index (χ4n) is 3.64. The number of carbonyl (C=O) groups excluding carboxylic acids is 1. The van der Waals surface area contributed by atoms with Crippen LogP contribution in [0.15, 0.2) is 28.9 Å². The first-order valence-corrected chi connectivity index (χ1v) is 8.69. The van der Waals surface area contributed by atoms with Gasteiger partial charge in [-0.25, -0.2) is 0 Å². The van der Waals surface area contributed by atoms with Crippen LogP contribution in [-0.4, -0.2) is 36.5 Å². The SMILES string of the molecule is CC.N#Cc1coc2ccc(C(=O)NC3CN4CCC3CC4)cc12. The molecule has 3 saturated heterocycles. The number of carbonyl (C=O) groups is 1. The molecule has 5 heteroatoms. The molecule has 5 nitrogen and oxygen atoms in total. The van der Waals surface area contributed by atoms with E-state index in [1.54, 1.807) is 18.2 Å². The molecule has 1 aromatic carbocycles. The summed E-state index contributed by atoms with van der Waals surface area (Å²) in [5, 5.41) is 12.9. The molecule has 24 heavy (non-hydrogen) atoms. The van der Waals surface area contributed by atoms with Crippen molar-refractivity contribution in [3.8, 4) is 6.07 Å². The molecule has 1 amide bonds. The van der Waals surface area contributed by atoms with Crippen molar-refractivity contribution in [3.63, 3.8) is 0 Å². The molecule has 0 aliphatic carbocycles. The Morgan fingerprint density at radius 2 is 2.08 bits per heavy atom. The third kappa shape index (κ3) is 3.02. The standard InChI is InChI=1S/C17H17N3O2.C2H6/c18-8-13-10-22-16-2-1-12(7-14(13)16)17(21)19-15-9-20-5-3-11(15)4-6-20;1-2/h1-2,7,10-11,15H,3-6,9H2,(H,19,21);1-2H3. The first kappa shape index (κ1) is 16.5. The molecule has 0 spiro atoms. The first-order chi connectivity index (χ1) is 11.7. The Bertz CT molecular complexity index is 767. The molecule has 0 saturated carbocycles. The van der Waals surface area contributed by atoms with Crippen LogP contribution in [0.1, 0.15) is 42.6 Å². The largest absolute Gasteiger partial charge is 0.463 e. The van der Waals surface area contributed by atoms with Gasteiger partial charge in [-0.1, -0.05) is 13.8 Å². The Labute approximate surface area is 142 Å². The van der Waals surface area contributed by atoms with E-state index in [1.807, 2.05) is 13.8 Å². The van der Waals surface area contributed by atoms with E-state index in [9.17, 15) is 4.79 Å². The average molecular weight is 325 g/mol. The molecule has 1 unspecified atom stereocenters. The van der Waals surface area contributed by atoms with E-state index in [1.165, 1.54) is 19.1 Å². The molecule has 3 aliphatic rings. The number of furan rings is 1. The molecule has 3 fully saturated rings. The number of hydrogen-bond acceptors (Lipinski definition) is 4. The fraction of sp³-hybridized carbons (Fsp3) is 0.474. The van der Waals surface area contributed by atoms with Crippen molar-refractivity contribution in [2.75, 3.05) is 19.6 Å². The lowest BCUT2D eigenvalue weighted by Gasteiger charge is -2.44. The lowest BCUT2D eigenvalue weighted by Crippen LogP contribution is -2.57. The van der Waals surface area contributed by atoms with Gasteiger partial charge >= 0.3 is 0 Å². The summed E-state index contributed by atoms with van der Waals surface area (Å²) in [7, 11) is 0. The summed E-state index contributed by atoms with van der Waals surface area (Å²) in [4.78, 5) is 14.9. The van der Waals surface area contributed by atoms with Gasteiger partial charge in [0.25, 0.3) is 5.91 Å². The molecule has 1 N–H and O–H groups in total. The van der Waals surface area contributed by atoms with E-state index in [0.717, 1.165) is 19.6 Å².